The van der Waals surface area contributed by atoms with Crippen molar-refractivity contribution in [2.24, 2.45) is 5.73 Å². The van der Waals surface area contributed by atoms with Gasteiger partial charge in [-0.05, 0) is 18.5 Å². The van der Waals surface area contributed by atoms with E-state index < -0.39 is 5.91 Å². The largest absolute Gasteiger partial charge is 0.394 e. The molecule has 0 saturated heterocycles. The van der Waals surface area contributed by atoms with E-state index in [1.54, 1.807) is 6.92 Å². The topological polar surface area (TPSA) is 113 Å². The number of nitrogens with two attached hydrogens (primary N) is 2. The second-order valence-electron chi connectivity index (χ2n) is 3.35. The Morgan fingerprint density at radius 2 is 2.18 bits per heavy atom. The molecule has 0 radical (unpaired) electrons. The third kappa shape index (κ3) is 2.04. The van der Waals surface area contributed by atoms with Crippen LogP contribution in [0.4, 0.5) is 5.69 Å². The first-order valence-electron chi connectivity index (χ1n) is 4.63. The lowest BCUT2D eigenvalue weighted by Crippen LogP contribution is -2.10. The first-order valence-corrected chi connectivity index (χ1v) is 5.01. The third-order valence-electron chi connectivity index (χ3n) is 2.17. The summed E-state index contributed by atoms with van der Waals surface area (Å²) in [4.78, 5) is 18.8. The normalized spacial score (nSPS) is 10.5. The van der Waals surface area contributed by atoms with E-state index in [1.165, 1.54) is 17.1 Å². The number of amides is 1. The Hall–Kier alpha value is -2.15. The van der Waals surface area contributed by atoms with Crippen LogP contribution in [0.2, 0.25) is 5.28 Å². The molecule has 0 bridgehead atoms. The second-order valence-corrected chi connectivity index (χ2v) is 3.69. The molecule has 2 rings (SSSR count). The van der Waals surface area contributed by atoms with Gasteiger partial charge in [-0.3, -0.25) is 4.79 Å². The summed E-state index contributed by atoms with van der Waals surface area (Å²) in [6, 6.07) is 0. The van der Waals surface area contributed by atoms with Gasteiger partial charge in [-0.1, -0.05) is 0 Å². The van der Waals surface area contributed by atoms with Crippen LogP contribution in [-0.4, -0.2) is 25.7 Å². The average molecular weight is 253 g/mol. The van der Waals surface area contributed by atoms with Crippen molar-refractivity contribution in [2.75, 3.05) is 5.73 Å². The van der Waals surface area contributed by atoms with Crippen LogP contribution in [0.3, 0.4) is 0 Å². The highest BCUT2D eigenvalue weighted by Gasteiger charge is 2.12. The molecule has 2 aromatic rings. The van der Waals surface area contributed by atoms with Crippen LogP contribution in [0, 0.1) is 6.92 Å². The van der Waals surface area contributed by atoms with E-state index in [0.717, 1.165) is 0 Å². The molecule has 0 aromatic carbocycles. The summed E-state index contributed by atoms with van der Waals surface area (Å²) in [5.74, 6) is -0.262. The van der Waals surface area contributed by atoms with Crippen LogP contribution in [0.15, 0.2) is 12.4 Å². The Balaban J connectivity index is 2.56. The zero-order valence-corrected chi connectivity index (χ0v) is 9.64. The molecule has 0 spiro atoms. The van der Waals surface area contributed by atoms with Gasteiger partial charge in [0.25, 0.3) is 5.91 Å². The third-order valence-corrected chi connectivity index (χ3v) is 2.34. The number of hydrogen-bond acceptors (Lipinski definition) is 5. The number of anilines is 1. The minimum absolute atomic E-state index is 0.0582. The van der Waals surface area contributed by atoms with Crippen LogP contribution in [0.25, 0.3) is 5.82 Å². The fraction of sp³-hybridized carbons (Fsp3) is 0.111. The molecule has 0 aliphatic carbocycles. The molecule has 2 aromatic heterocycles. The van der Waals surface area contributed by atoms with E-state index >= 15 is 0 Å². The predicted molar refractivity (Wildman–Crippen MR) is 61.8 cm³/mol. The Morgan fingerprint density at radius 1 is 1.47 bits per heavy atom. The molecule has 0 aliphatic rings. The molecule has 7 nitrogen and oxygen atoms in total. The van der Waals surface area contributed by atoms with E-state index in [-0.39, 0.29) is 10.8 Å². The number of rotatable bonds is 2. The van der Waals surface area contributed by atoms with Gasteiger partial charge < -0.3 is 11.5 Å². The van der Waals surface area contributed by atoms with Gasteiger partial charge in [0.05, 0.1) is 23.1 Å². The number of nitrogen functional groups attached to an aromatic ring is 1. The monoisotopic (exact) mass is 252 g/mol. The van der Waals surface area contributed by atoms with Crippen LogP contribution < -0.4 is 11.5 Å². The van der Waals surface area contributed by atoms with Crippen LogP contribution >= 0.6 is 11.6 Å². The lowest BCUT2D eigenvalue weighted by atomic mass is 10.3. The number of aryl methyl sites for hydroxylation is 1. The lowest BCUT2D eigenvalue weighted by Gasteiger charge is -2.06. The zero-order valence-electron chi connectivity index (χ0n) is 8.88. The van der Waals surface area contributed by atoms with Gasteiger partial charge in [-0.25, -0.2) is 9.67 Å². The zero-order chi connectivity index (χ0) is 12.6. The summed E-state index contributed by atoms with van der Waals surface area (Å²) in [6.45, 7) is 1.70. The molecule has 2 heterocycles. The summed E-state index contributed by atoms with van der Waals surface area (Å²) in [7, 11) is 0. The van der Waals surface area contributed by atoms with Gasteiger partial charge >= 0.3 is 0 Å². The Kier molecular flexibility index (Phi) is 2.68. The predicted octanol–water partition coefficient (Wildman–Crippen LogP) is 0.305. The molecule has 0 fully saturated rings. The summed E-state index contributed by atoms with van der Waals surface area (Å²) in [5.41, 5.74) is 12.1. The van der Waals surface area contributed by atoms with E-state index in [1.807, 2.05) is 0 Å². The van der Waals surface area contributed by atoms with E-state index in [4.69, 9.17) is 23.1 Å². The van der Waals surface area contributed by atoms with E-state index in [9.17, 15) is 4.79 Å². The molecule has 0 saturated carbocycles. The first-order chi connectivity index (χ1) is 7.99. The van der Waals surface area contributed by atoms with Crippen molar-refractivity contribution < 1.29 is 4.79 Å². The minimum Gasteiger partial charge on any atom is -0.394 e. The molecule has 88 valence electrons. The summed E-state index contributed by atoms with van der Waals surface area (Å²) >= 11 is 5.73. The minimum atomic E-state index is -0.577. The molecular weight excluding hydrogens is 244 g/mol. The molecule has 1 amide bonds. The van der Waals surface area contributed by atoms with E-state index in [2.05, 4.69) is 15.1 Å². The van der Waals surface area contributed by atoms with Crippen LogP contribution in [-0.2, 0) is 0 Å². The van der Waals surface area contributed by atoms with Crippen molar-refractivity contribution >= 4 is 23.2 Å². The van der Waals surface area contributed by atoms with Gasteiger partial charge in [0, 0.05) is 6.20 Å². The summed E-state index contributed by atoms with van der Waals surface area (Å²) < 4.78 is 1.33. The number of carbonyl (C=O) groups is 1. The Bertz CT molecular complexity index is 593. The van der Waals surface area contributed by atoms with E-state index in [0.29, 0.717) is 17.2 Å². The molecule has 4 N–H and O–H groups in total. The fourth-order valence-electron chi connectivity index (χ4n) is 1.27. The molecule has 8 heteroatoms. The average Bonchev–Trinajstić information content (AvgIpc) is 2.72. The van der Waals surface area contributed by atoms with Gasteiger partial charge in [0.2, 0.25) is 5.28 Å². The van der Waals surface area contributed by atoms with Gasteiger partial charge in [0.1, 0.15) is 0 Å². The van der Waals surface area contributed by atoms with Crippen molar-refractivity contribution in [1.29, 1.82) is 0 Å². The van der Waals surface area contributed by atoms with Crippen molar-refractivity contribution in [1.82, 2.24) is 19.7 Å². The number of hydrogen-bond donors (Lipinski definition) is 2. The second kappa shape index (κ2) is 4.02. The van der Waals surface area contributed by atoms with Crippen molar-refractivity contribution in [3.8, 4) is 5.82 Å². The number of primary amides is 1. The smallest absolute Gasteiger partial charge is 0.251 e. The lowest BCUT2D eigenvalue weighted by molar-refractivity contribution is 0.100. The molecule has 17 heavy (non-hydrogen) atoms. The SMILES string of the molecule is Cc1nc(Cl)nc(-n2cc(C(N)=O)cn2)c1N. The van der Waals surface area contributed by atoms with Crippen molar-refractivity contribution in [2.45, 2.75) is 6.92 Å². The number of carbonyl (C=O) groups excluding carboxylic acids is 1. The highest BCUT2D eigenvalue weighted by atomic mass is 35.5. The van der Waals surface area contributed by atoms with Gasteiger partial charge in [0.15, 0.2) is 5.82 Å². The highest BCUT2D eigenvalue weighted by molar-refractivity contribution is 6.28. The molecule has 0 unspecified atom stereocenters. The molecule has 0 atom stereocenters. The number of aromatic nitrogens is 4. The molecular formula is C9H9ClN6O. The summed E-state index contributed by atoms with van der Waals surface area (Å²) in [6.07, 6.45) is 2.75. The standard InChI is InChI=1S/C9H9ClN6O/c1-4-6(11)8(15-9(10)14-4)16-3-5(2-13-16)7(12)17/h2-3H,11H2,1H3,(H2,12,17). The Morgan fingerprint density at radius 3 is 2.76 bits per heavy atom. The van der Waals surface area contributed by atoms with Crippen LogP contribution in [0.5, 0.6) is 0 Å². The number of nitrogens with zero attached hydrogens (tertiary/aromatic N) is 4. The van der Waals surface area contributed by atoms with Gasteiger partial charge in [-0.2, -0.15) is 10.1 Å². The van der Waals surface area contributed by atoms with Gasteiger partial charge in [-0.15, -0.1) is 0 Å². The summed E-state index contributed by atoms with van der Waals surface area (Å²) in [5, 5.41) is 4.00. The Labute approximate surface area is 101 Å². The first kappa shape index (κ1) is 11.3. The van der Waals surface area contributed by atoms with Crippen molar-refractivity contribution in [3.05, 3.63) is 28.9 Å². The maximum Gasteiger partial charge on any atom is 0.251 e. The number of halogens is 1. The highest BCUT2D eigenvalue weighted by Crippen LogP contribution is 2.19. The van der Waals surface area contributed by atoms with Crippen molar-refractivity contribution in [3.63, 3.8) is 0 Å². The quantitative estimate of drug-likeness (QED) is 0.747. The maximum atomic E-state index is 10.9. The fourth-order valence-corrected chi connectivity index (χ4v) is 1.48. The van der Waals surface area contributed by atoms with Crippen LogP contribution in [0.1, 0.15) is 16.1 Å². The molecule has 0 aliphatic heterocycles. The maximum absolute atomic E-state index is 10.9.